The third-order valence-corrected chi connectivity index (χ3v) is 2.58. The van der Waals surface area contributed by atoms with Gasteiger partial charge in [-0.3, -0.25) is 4.79 Å². The summed E-state index contributed by atoms with van der Waals surface area (Å²) in [4.78, 5) is 11.7. The van der Waals surface area contributed by atoms with Crippen LogP contribution in [-0.4, -0.2) is 23.5 Å². The molecule has 0 atom stereocenters. The van der Waals surface area contributed by atoms with Gasteiger partial charge in [-0.2, -0.15) is 0 Å². The van der Waals surface area contributed by atoms with Crippen molar-refractivity contribution in [2.75, 3.05) is 6.54 Å². The molecule has 0 aromatic heterocycles. The largest absolute Gasteiger partial charge is 0.409 e. The van der Waals surface area contributed by atoms with Gasteiger partial charge in [-0.25, -0.2) is 0 Å². The summed E-state index contributed by atoms with van der Waals surface area (Å²) < 4.78 is 0.713. The lowest BCUT2D eigenvalue weighted by Crippen LogP contribution is -2.33. The highest BCUT2D eigenvalue weighted by Crippen LogP contribution is 2.17. The third kappa shape index (κ3) is 3.23. The zero-order valence-corrected chi connectivity index (χ0v) is 10.3. The quantitative estimate of drug-likeness (QED) is 0.338. The Morgan fingerprint density at radius 3 is 2.88 bits per heavy atom. The molecule has 5 nitrogen and oxygen atoms in total. The van der Waals surface area contributed by atoms with Gasteiger partial charge in [-0.15, -0.1) is 0 Å². The van der Waals surface area contributed by atoms with E-state index < -0.39 is 0 Å². The van der Waals surface area contributed by atoms with Crippen molar-refractivity contribution in [2.24, 2.45) is 10.9 Å². The van der Waals surface area contributed by atoms with Gasteiger partial charge < -0.3 is 16.3 Å². The summed E-state index contributed by atoms with van der Waals surface area (Å²) >= 11 is 3.30. The van der Waals surface area contributed by atoms with Crippen molar-refractivity contribution in [1.29, 1.82) is 0 Å². The van der Waals surface area contributed by atoms with Gasteiger partial charge in [0.1, 0.15) is 0 Å². The van der Waals surface area contributed by atoms with E-state index in [0.717, 1.165) is 5.56 Å². The number of carbonyl (C=O) groups excluding carboxylic acids is 1. The summed E-state index contributed by atoms with van der Waals surface area (Å²) in [7, 11) is 0. The minimum atomic E-state index is -0.279. The standard InChI is InChI=1S/C10H12BrN3O2/c1-6-2-3-7(8(11)4-6)10(15)13-5-9(12)14-16/h2-4,16H,5H2,1H3,(H2,12,14)(H,13,15). The number of aryl methyl sites for hydroxylation is 1. The number of hydrogen-bond donors (Lipinski definition) is 3. The monoisotopic (exact) mass is 285 g/mol. The first-order valence-electron chi connectivity index (χ1n) is 4.55. The van der Waals surface area contributed by atoms with Gasteiger partial charge in [0.25, 0.3) is 5.91 Å². The Morgan fingerprint density at radius 1 is 1.62 bits per heavy atom. The Kier molecular flexibility index (Phi) is 4.30. The van der Waals surface area contributed by atoms with Crippen LogP contribution in [0.3, 0.4) is 0 Å². The van der Waals surface area contributed by atoms with E-state index in [1.54, 1.807) is 6.07 Å². The fourth-order valence-electron chi connectivity index (χ4n) is 1.11. The SMILES string of the molecule is Cc1ccc(C(=O)NC/C(N)=N/O)c(Br)c1. The molecule has 0 radical (unpaired) electrons. The van der Waals surface area contributed by atoms with Crippen LogP contribution in [0.15, 0.2) is 27.8 Å². The van der Waals surface area contributed by atoms with Crippen molar-refractivity contribution >= 4 is 27.7 Å². The normalized spacial score (nSPS) is 11.2. The van der Waals surface area contributed by atoms with E-state index in [4.69, 9.17) is 10.9 Å². The van der Waals surface area contributed by atoms with E-state index in [2.05, 4.69) is 26.4 Å². The molecule has 1 rings (SSSR count). The van der Waals surface area contributed by atoms with Gasteiger partial charge in [0.15, 0.2) is 5.84 Å². The van der Waals surface area contributed by atoms with Crippen LogP contribution in [0.1, 0.15) is 15.9 Å². The van der Waals surface area contributed by atoms with Gasteiger partial charge in [-0.1, -0.05) is 11.2 Å². The maximum absolute atomic E-state index is 11.7. The summed E-state index contributed by atoms with van der Waals surface area (Å²) in [5.41, 5.74) is 6.80. The fourth-order valence-corrected chi connectivity index (χ4v) is 1.78. The highest BCUT2D eigenvalue weighted by molar-refractivity contribution is 9.10. The molecule has 16 heavy (non-hydrogen) atoms. The molecule has 0 fully saturated rings. The topological polar surface area (TPSA) is 87.7 Å². The van der Waals surface area contributed by atoms with Crippen molar-refractivity contribution in [3.8, 4) is 0 Å². The van der Waals surface area contributed by atoms with Gasteiger partial charge >= 0.3 is 0 Å². The first-order chi connectivity index (χ1) is 7.54. The van der Waals surface area contributed by atoms with Gasteiger partial charge in [0.05, 0.1) is 12.1 Å². The number of rotatable bonds is 3. The summed E-state index contributed by atoms with van der Waals surface area (Å²) in [6.07, 6.45) is 0. The number of oxime groups is 1. The Balaban J connectivity index is 2.74. The van der Waals surface area contributed by atoms with Gasteiger partial charge in [-0.05, 0) is 40.5 Å². The zero-order chi connectivity index (χ0) is 12.1. The molecule has 0 heterocycles. The van der Waals surface area contributed by atoms with Gasteiger partial charge in [0.2, 0.25) is 0 Å². The van der Waals surface area contributed by atoms with Crippen LogP contribution in [0.25, 0.3) is 0 Å². The number of amides is 1. The second-order valence-electron chi connectivity index (χ2n) is 3.26. The fraction of sp³-hybridized carbons (Fsp3) is 0.200. The van der Waals surface area contributed by atoms with Crippen molar-refractivity contribution in [1.82, 2.24) is 5.32 Å². The molecule has 1 aromatic rings. The van der Waals surface area contributed by atoms with Crippen molar-refractivity contribution in [2.45, 2.75) is 6.92 Å². The summed E-state index contributed by atoms with van der Waals surface area (Å²) in [5, 5.41) is 13.6. The lowest BCUT2D eigenvalue weighted by molar-refractivity contribution is 0.0958. The van der Waals surface area contributed by atoms with E-state index in [9.17, 15) is 4.79 Å². The molecule has 86 valence electrons. The molecule has 1 aromatic carbocycles. The number of halogens is 1. The van der Waals surface area contributed by atoms with Crippen LogP contribution >= 0.6 is 15.9 Å². The summed E-state index contributed by atoms with van der Waals surface area (Å²) in [6, 6.07) is 5.39. The minimum Gasteiger partial charge on any atom is -0.409 e. The Morgan fingerprint density at radius 2 is 2.31 bits per heavy atom. The molecule has 0 unspecified atom stereocenters. The second kappa shape index (κ2) is 5.50. The van der Waals surface area contributed by atoms with Crippen LogP contribution < -0.4 is 11.1 Å². The first kappa shape index (κ1) is 12.5. The average molecular weight is 286 g/mol. The van der Waals surface area contributed by atoms with E-state index in [0.29, 0.717) is 10.0 Å². The molecule has 0 saturated carbocycles. The lowest BCUT2D eigenvalue weighted by atomic mass is 10.1. The molecular weight excluding hydrogens is 274 g/mol. The zero-order valence-electron chi connectivity index (χ0n) is 8.70. The van der Waals surface area contributed by atoms with Crippen LogP contribution in [0.4, 0.5) is 0 Å². The molecule has 0 spiro atoms. The van der Waals surface area contributed by atoms with Crippen molar-refractivity contribution in [3.63, 3.8) is 0 Å². The van der Waals surface area contributed by atoms with Gasteiger partial charge in [0, 0.05) is 4.47 Å². The number of nitrogens with zero attached hydrogens (tertiary/aromatic N) is 1. The number of carbonyl (C=O) groups is 1. The second-order valence-corrected chi connectivity index (χ2v) is 4.11. The Bertz CT molecular complexity index is 432. The Labute approximate surface area is 101 Å². The summed E-state index contributed by atoms with van der Waals surface area (Å²) in [5.74, 6) is -0.324. The average Bonchev–Trinajstić information content (AvgIpc) is 2.25. The smallest absolute Gasteiger partial charge is 0.252 e. The number of nitrogens with two attached hydrogens (primary N) is 1. The highest BCUT2D eigenvalue weighted by atomic mass is 79.9. The minimum absolute atomic E-state index is 0.00957. The first-order valence-corrected chi connectivity index (χ1v) is 5.34. The molecular formula is C10H12BrN3O2. The molecule has 0 aliphatic heterocycles. The third-order valence-electron chi connectivity index (χ3n) is 1.93. The number of nitrogens with one attached hydrogen (secondary N) is 1. The molecule has 4 N–H and O–H groups in total. The van der Waals surface area contributed by atoms with Crippen molar-refractivity contribution in [3.05, 3.63) is 33.8 Å². The number of benzene rings is 1. The van der Waals surface area contributed by atoms with Crippen LogP contribution in [0.2, 0.25) is 0 Å². The predicted octanol–water partition coefficient (Wildman–Crippen LogP) is 1.23. The highest BCUT2D eigenvalue weighted by Gasteiger charge is 2.09. The molecule has 1 amide bonds. The molecule has 0 saturated heterocycles. The van der Waals surface area contributed by atoms with Crippen LogP contribution in [0, 0.1) is 6.92 Å². The van der Waals surface area contributed by atoms with E-state index >= 15 is 0 Å². The molecule has 0 aliphatic carbocycles. The van der Waals surface area contributed by atoms with E-state index in [1.165, 1.54) is 0 Å². The molecule has 6 heteroatoms. The van der Waals surface area contributed by atoms with Crippen molar-refractivity contribution < 1.29 is 10.0 Å². The van der Waals surface area contributed by atoms with Crippen LogP contribution in [-0.2, 0) is 0 Å². The number of amidine groups is 1. The van der Waals surface area contributed by atoms with E-state index in [1.807, 2.05) is 19.1 Å². The lowest BCUT2D eigenvalue weighted by Gasteiger charge is -2.06. The predicted molar refractivity (Wildman–Crippen MR) is 64.6 cm³/mol. The molecule has 0 aliphatic rings. The number of hydrogen-bond acceptors (Lipinski definition) is 3. The molecule has 0 bridgehead atoms. The maximum atomic E-state index is 11.7. The van der Waals surface area contributed by atoms with E-state index in [-0.39, 0.29) is 18.3 Å². The Hall–Kier alpha value is -1.56. The van der Waals surface area contributed by atoms with Crippen LogP contribution in [0.5, 0.6) is 0 Å². The summed E-state index contributed by atoms with van der Waals surface area (Å²) in [6.45, 7) is 1.94. The maximum Gasteiger partial charge on any atom is 0.252 e.